The quantitative estimate of drug-likeness (QED) is 0.799. The first-order chi connectivity index (χ1) is 9.22. The third-order valence-electron chi connectivity index (χ3n) is 2.87. The molecule has 0 saturated heterocycles. The Bertz CT molecular complexity index is 515. The van der Waals surface area contributed by atoms with Gasteiger partial charge in [-0.25, -0.2) is 4.98 Å². The van der Waals surface area contributed by atoms with Gasteiger partial charge in [-0.3, -0.25) is 9.59 Å². The molecule has 0 aliphatic heterocycles. The molecule has 0 aliphatic rings. The molecule has 0 aromatic carbocycles. The lowest BCUT2D eigenvalue weighted by Gasteiger charge is -2.19. The number of pyridine rings is 1. The summed E-state index contributed by atoms with van der Waals surface area (Å²) in [6.45, 7) is 3.99. The maximum atomic E-state index is 12.3. The van der Waals surface area contributed by atoms with E-state index in [0.29, 0.717) is 5.56 Å². The standard InChI is InChI=1S/C14H20ClN3O2/c1-9(2)11-6-10(7-12(15)16-11)14(20)18(5)8-13(19)17(3)4/h6-7,9H,8H2,1-5H3. The summed E-state index contributed by atoms with van der Waals surface area (Å²) in [6.07, 6.45) is 0. The number of carbonyl (C=O) groups is 2. The minimum Gasteiger partial charge on any atom is -0.347 e. The fourth-order valence-electron chi connectivity index (χ4n) is 1.57. The normalized spacial score (nSPS) is 10.6. The Kier molecular flexibility index (Phi) is 5.51. The second kappa shape index (κ2) is 6.70. The van der Waals surface area contributed by atoms with Gasteiger partial charge in [-0.1, -0.05) is 25.4 Å². The molecule has 0 aliphatic carbocycles. The Labute approximate surface area is 124 Å². The van der Waals surface area contributed by atoms with E-state index < -0.39 is 0 Å². The summed E-state index contributed by atoms with van der Waals surface area (Å²) < 4.78 is 0. The second-order valence-electron chi connectivity index (χ2n) is 5.21. The van der Waals surface area contributed by atoms with Gasteiger partial charge < -0.3 is 9.80 Å². The average Bonchev–Trinajstić information content (AvgIpc) is 2.36. The van der Waals surface area contributed by atoms with E-state index in [1.807, 2.05) is 13.8 Å². The van der Waals surface area contributed by atoms with Crippen molar-refractivity contribution >= 4 is 23.4 Å². The first-order valence-corrected chi connectivity index (χ1v) is 6.73. The number of carbonyl (C=O) groups excluding carboxylic acids is 2. The number of aromatic nitrogens is 1. The maximum Gasteiger partial charge on any atom is 0.254 e. The molecule has 0 atom stereocenters. The molecule has 0 N–H and O–H groups in total. The molecule has 0 saturated carbocycles. The smallest absolute Gasteiger partial charge is 0.254 e. The molecule has 2 amide bonds. The van der Waals surface area contributed by atoms with Crippen LogP contribution >= 0.6 is 11.6 Å². The Balaban J connectivity index is 2.94. The van der Waals surface area contributed by atoms with Gasteiger partial charge >= 0.3 is 0 Å². The molecule has 5 nitrogen and oxygen atoms in total. The van der Waals surface area contributed by atoms with Crippen LogP contribution in [0.4, 0.5) is 0 Å². The summed E-state index contributed by atoms with van der Waals surface area (Å²) in [4.78, 5) is 30.9. The van der Waals surface area contributed by atoms with Crippen molar-refractivity contribution in [1.29, 1.82) is 0 Å². The first-order valence-electron chi connectivity index (χ1n) is 6.35. The second-order valence-corrected chi connectivity index (χ2v) is 5.59. The van der Waals surface area contributed by atoms with E-state index in [4.69, 9.17) is 11.6 Å². The number of nitrogens with zero attached hydrogens (tertiary/aromatic N) is 3. The number of hydrogen-bond donors (Lipinski definition) is 0. The molecular weight excluding hydrogens is 278 g/mol. The third-order valence-corrected chi connectivity index (χ3v) is 3.06. The number of rotatable bonds is 4. The zero-order valence-electron chi connectivity index (χ0n) is 12.5. The van der Waals surface area contributed by atoms with E-state index >= 15 is 0 Å². The highest BCUT2D eigenvalue weighted by Crippen LogP contribution is 2.18. The molecule has 0 spiro atoms. The van der Waals surface area contributed by atoms with Gasteiger partial charge in [-0.15, -0.1) is 0 Å². The largest absolute Gasteiger partial charge is 0.347 e. The van der Waals surface area contributed by atoms with E-state index in [9.17, 15) is 9.59 Å². The van der Waals surface area contributed by atoms with Crippen molar-refractivity contribution in [2.24, 2.45) is 0 Å². The fourth-order valence-corrected chi connectivity index (χ4v) is 1.79. The van der Waals surface area contributed by atoms with Gasteiger partial charge in [0.1, 0.15) is 5.15 Å². The number of hydrogen-bond acceptors (Lipinski definition) is 3. The third kappa shape index (κ3) is 4.20. The Hall–Kier alpha value is -1.62. The monoisotopic (exact) mass is 297 g/mol. The maximum absolute atomic E-state index is 12.3. The summed E-state index contributed by atoms with van der Waals surface area (Å²) in [5.41, 5.74) is 1.20. The molecular formula is C14H20ClN3O2. The molecule has 0 radical (unpaired) electrons. The molecule has 1 aromatic heterocycles. The van der Waals surface area contributed by atoms with Crippen LogP contribution in [0.25, 0.3) is 0 Å². The van der Waals surface area contributed by atoms with E-state index in [1.54, 1.807) is 27.2 Å². The van der Waals surface area contributed by atoms with Crippen LogP contribution in [-0.4, -0.2) is 54.3 Å². The van der Waals surface area contributed by atoms with Crippen LogP contribution in [-0.2, 0) is 4.79 Å². The van der Waals surface area contributed by atoms with Crippen LogP contribution in [0.15, 0.2) is 12.1 Å². The number of amides is 2. The minimum absolute atomic E-state index is 0.0305. The molecule has 1 rings (SSSR count). The van der Waals surface area contributed by atoms with Crippen molar-refractivity contribution in [3.63, 3.8) is 0 Å². The minimum atomic E-state index is -0.244. The van der Waals surface area contributed by atoms with Crippen molar-refractivity contribution < 1.29 is 9.59 Å². The van der Waals surface area contributed by atoms with Gasteiger partial charge in [0.05, 0.1) is 6.54 Å². The van der Waals surface area contributed by atoms with Gasteiger partial charge in [0.2, 0.25) is 5.91 Å². The molecule has 1 heterocycles. The van der Waals surface area contributed by atoms with E-state index in [1.165, 1.54) is 15.9 Å². The van der Waals surface area contributed by atoms with Gasteiger partial charge in [-0.2, -0.15) is 0 Å². The predicted molar refractivity (Wildman–Crippen MR) is 79.0 cm³/mol. The molecule has 6 heteroatoms. The zero-order valence-corrected chi connectivity index (χ0v) is 13.2. The highest BCUT2D eigenvalue weighted by molar-refractivity contribution is 6.29. The Morgan fingerprint density at radius 3 is 2.35 bits per heavy atom. The van der Waals surface area contributed by atoms with Gasteiger partial charge in [0.25, 0.3) is 5.91 Å². The summed E-state index contributed by atoms with van der Waals surface area (Å²) >= 11 is 5.94. The SMILES string of the molecule is CC(C)c1cc(C(=O)N(C)CC(=O)N(C)C)cc(Cl)n1. The van der Waals surface area contributed by atoms with Crippen LogP contribution in [0.3, 0.4) is 0 Å². The molecule has 0 bridgehead atoms. The number of halogens is 1. The van der Waals surface area contributed by atoms with Crippen molar-refractivity contribution in [3.05, 3.63) is 28.5 Å². The summed E-state index contributed by atoms with van der Waals surface area (Å²) in [7, 11) is 4.90. The Morgan fingerprint density at radius 1 is 1.25 bits per heavy atom. The van der Waals surface area contributed by atoms with Crippen LogP contribution in [0.1, 0.15) is 35.8 Å². The Morgan fingerprint density at radius 2 is 1.85 bits per heavy atom. The fraction of sp³-hybridized carbons (Fsp3) is 0.500. The topological polar surface area (TPSA) is 53.5 Å². The van der Waals surface area contributed by atoms with Crippen molar-refractivity contribution in [1.82, 2.24) is 14.8 Å². The predicted octanol–water partition coefficient (Wildman–Crippen LogP) is 2.02. The lowest BCUT2D eigenvalue weighted by Crippen LogP contribution is -2.37. The highest BCUT2D eigenvalue weighted by Gasteiger charge is 2.18. The van der Waals surface area contributed by atoms with Crippen LogP contribution < -0.4 is 0 Å². The van der Waals surface area contributed by atoms with Crippen LogP contribution in [0.2, 0.25) is 5.15 Å². The summed E-state index contributed by atoms with van der Waals surface area (Å²) in [5, 5.41) is 0.284. The molecule has 20 heavy (non-hydrogen) atoms. The average molecular weight is 298 g/mol. The highest BCUT2D eigenvalue weighted by atomic mass is 35.5. The lowest BCUT2D eigenvalue weighted by atomic mass is 10.1. The van der Waals surface area contributed by atoms with Gasteiger partial charge in [-0.05, 0) is 18.1 Å². The lowest BCUT2D eigenvalue weighted by molar-refractivity contribution is -0.129. The van der Waals surface area contributed by atoms with E-state index in [0.717, 1.165) is 5.69 Å². The van der Waals surface area contributed by atoms with Gasteiger partial charge in [0, 0.05) is 32.4 Å². The molecule has 110 valence electrons. The van der Waals surface area contributed by atoms with Crippen molar-refractivity contribution in [2.45, 2.75) is 19.8 Å². The van der Waals surface area contributed by atoms with Crippen molar-refractivity contribution in [2.75, 3.05) is 27.7 Å². The summed E-state index contributed by atoms with van der Waals surface area (Å²) in [6, 6.07) is 3.24. The van der Waals surface area contributed by atoms with Crippen LogP contribution in [0.5, 0.6) is 0 Å². The van der Waals surface area contributed by atoms with Crippen molar-refractivity contribution in [3.8, 4) is 0 Å². The molecule has 0 unspecified atom stereocenters. The number of likely N-dealkylation sites (N-methyl/N-ethyl adjacent to an activating group) is 2. The summed E-state index contributed by atoms with van der Waals surface area (Å²) in [5.74, 6) is -0.203. The van der Waals surface area contributed by atoms with Gasteiger partial charge in [0.15, 0.2) is 0 Å². The zero-order chi connectivity index (χ0) is 15.4. The van der Waals surface area contributed by atoms with E-state index in [2.05, 4.69) is 4.98 Å². The first kappa shape index (κ1) is 16.4. The molecule has 1 aromatic rings. The van der Waals surface area contributed by atoms with E-state index in [-0.39, 0.29) is 29.4 Å². The molecule has 0 fully saturated rings. The van der Waals surface area contributed by atoms with Crippen LogP contribution in [0, 0.1) is 0 Å².